The third kappa shape index (κ3) is 4.20. The van der Waals surface area contributed by atoms with Crippen molar-refractivity contribution < 1.29 is 5.11 Å². The third-order valence-electron chi connectivity index (χ3n) is 5.70. The molecule has 0 radical (unpaired) electrons. The quantitative estimate of drug-likeness (QED) is 0.387. The number of guanidine groups is 1. The Hall–Kier alpha value is -3.22. The van der Waals surface area contributed by atoms with E-state index in [-0.39, 0.29) is 0 Å². The summed E-state index contributed by atoms with van der Waals surface area (Å²) >= 11 is 0. The lowest BCUT2D eigenvalue weighted by atomic mass is 10.2. The molecule has 158 valence electrons. The molecule has 1 aliphatic heterocycles. The molecule has 2 aromatic carbocycles. The van der Waals surface area contributed by atoms with Gasteiger partial charge in [-0.2, -0.15) is 0 Å². The third-order valence-corrected chi connectivity index (χ3v) is 5.70. The average molecular weight is 407 g/mol. The monoisotopic (exact) mass is 406 g/mol. The van der Waals surface area contributed by atoms with Gasteiger partial charge in [-0.3, -0.25) is 4.99 Å². The van der Waals surface area contributed by atoms with Crippen LogP contribution in [0.15, 0.2) is 53.5 Å². The van der Waals surface area contributed by atoms with E-state index < -0.39 is 0 Å². The zero-order valence-corrected chi connectivity index (χ0v) is 17.8. The van der Waals surface area contributed by atoms with Crippen molar-refractivity contribution in [3.8, 4) is 5.75 Å². The molecule has 30 heavy (non-hydrogen) atoms. The van der Waals surface area contributed by atoms with E-state index in [0.717, 1.165) is 68.7 Å². The first kappa shape index (κ1) is 20.1. The number of hydrogen-bond acceptors (Lipinski definition) is 4. The molecule has 1 aromatic heterocycles. The second-order valence-corrected chi connectivity index (χ2v) is 7.59. The largest absolute Gasteiger partial charge is 0.506 e. The lowest BCUT2D eigenvalue weighted by Gasteiger charge is -2.37. The molecule has 7 nitrogen and oxygen atoms in total. The lowest BCUT2D eigenvalue weighted by Crippen LogP contribution is -2.52. The molecule has 0 aliphatic carbocycles. The van der Waals surface area contributed by atoms with Gasteiger partial charge in [0.05, 0.1) is 16.7 Å². The summed E-state index contributed by atoms with van der Waals surface area (Å²) in [5.41, 5.74) is 3.16. The molecular weight excluding hydrogens is 376 g/mol. The van der Waals surface area contributed by atoms with Gasteiger partial charge in [-0.1, -0.05) is 24.3 Å². The molecule has 7 heteroatoms. The van der Waals surface area contributed by atoms with E-state index in [1.165, 1.54) is 5.52 Å². The number of aromatic nitrogens is 2. The minimum Gasteiger partial charge on any atom is -0.506 e. The Morgan fingerprint density at radius 1 is 1.07 bits per heavy atom. The highest BCUT2D eigenvalue weighted by atomic mass is 16.3. The van der Waals surface area contributed by atoms with Crippen LogP contribution in [-0.4, -0.2) is 65.3 Å². The number of aryl methyl sites for hydroxylation is 2. The van der Waals surface area contributed by atoms with Crippen LogP contribution in [0.4, 0.5) is 5.69 Å². The number of hydrogen-bond donors (Lipinski definition) is 2. The van der Waals surface area contributed by atoms with Gasteiger partial charge in [0.2, 0.25) is 0 Å². The van der Waals surface area contributed by atoms with Crippen LogP contribution in [0, 0.1) is 6.92 Å². The second kappa shape index (κ2) is 9.07. The summed E-state index contributed by atoms with van der Waals surface area (Å²) in [5, 5.41) is 13.6. The van der Waals surface area contributed by atoms with Crippen LogP contribution in [0.1, 0.15) is 12.2 Å². The fraction of sp³-hybridized carbons (Fsp3) is 0.391. The first-order valence-corrected chi connectivity index (χ1v) is 10.6. The van der Waals surface area contributed by atoms with Gasteiger partial charge in [-0.05, 0) is 37.6 Å². The molecule has 4 rings (SSSR count). The number of rotatable bonds is 5. The Bertz CT molecular complexity index is 1020. The molecule has 0 unspecified atom stereocenters. The molecule has 2 heterocycles. The highest BCUT2D eigenvalue weighted by Gasteiger charge is 2.21. The van der Waals surface area contributed by atoms with Crippen LogP contribution in [-0.2, 0) is 6.54 Å². The molecule has 1 saturated heterocycles. The van der Waals surface area contributed by atoms with Crippen molar-refractivity contribution in [1.29, 1.82) is 0 Å². The number of benzene rings is 2. The molecule has 2 N–H and O–H groups in total. The maximum Gasteiger partial charge on any atom is 0.193 e. The summed E-state index contributed by atoms with van der Waals surface area (Å²) in [6.07, 6.45) is 0.998. The smallest absolute Gasteiger partial charge is 0.193 e. The van der Waals surface area contributed by atoms with Crippen molar-refractivity contribution in [1.82, 2.24) is 19.8 Å². The average Bonchev–Trinajstić information content (AvgIpc) is 3.09. The van der Waals surface area contributed by atoms with Crippen molar-refractivity contribution in [2.24, 2.45) is 4.99 Å². The fourth-order valence-corrected chi connectivity index (χ4v) is 4.14. The number of piperazine rings is 1. The summed E-state index contributed by atoms with van der Waals surface area (Å²) in [7, 11) is 1.84. The molecule has 0 spiro atoms. The van der Waals surface area contributed by atoms with Crippen LogP contribution in [0.25, 0.3) is 11.0 Å². The van der Waals surface area contributed by atoms with E-state index in [9.17, 15) is 5.11 Å². The number of imidazole rings is 1. The summed E-state index contributed by atoms with van der Waals surface area (Å²) in [5.74, 6) is 2.34. The predicted molar refractivity (Wildman–Crippen MR) is 122 cm³/mol. The number of fused-ring (bicyclic) bond motifs is 1. The Balaban J connectivity index is 1.27. The van der Waals surface area contributed by atoms with Crippen molar-refractivity contribution in [3.63, 3.8) is 0 Å². The summed E-state index contributed by atoms with van der Waals surface area (Å²) in [6.45, 7) is 7.32. The van der Waals surface area contributed by atoms with E-state index in [0.29, 0.717) is 5.75 Å². The van der Waals surface area contributed by atoms with Gasteiger partial charge in [0, 0.05) is 46.3 Å². The fourth-order valence-electron chi connectivity index (χ4n) is 4.14. The Morgan fingerprint density at radius 3 is 2.57 bits per heavy atom. The molecule has 0 bridgehead atoms. The van der Waals surface area contributed by atoms with Crippen molar-refractivity contribution in [3.05, 3.63) is 54.4 Å². The molecular formula is C23H30N6O. The predicted octanol–water partition coefficient (Wildman–Crippen LogP) is 2.84. The molecule has 1 fully saturated rings. The number of aromatic hydroxyl groups is 1. The standard InChI is InChI=1S/C23H30N6O/c1-18-26-19-8-3-4-9-20(19)29(18)13-7-12-25-23(24-2)28-16-14-27(15-17-28)21-10-5-6-11-22(21)30/h3-6,8-11,30H,7,12-17H2,1-2H3,(H,24,25). The van der Waals surface area contributed by atoms with E-state index >= 15 is 0 Å². The highest BCUT2D eigenvalue weighted by molar-refractivity contribution is 5.80. The SMILES string of the molecule is CN=C(NCCCn1c(C)nc2ccccc21)N1CCN(c2ccccc2O)CC1. The van der Waals surface area contributed by atoms with E-state index in [1.807, 2.05) is 31.3 Å². The maximum atomic E-state index is 10.1. The molecule has 0 atom stereocenters. The number of phenols is 1. The van der Waals surface area contributed by atoms with Crippen molar-refractivity contribution in [2.75, 3.05) is 44.7 Å². The van der Waals surface area contributed by atoms with Crippen LogP contribution in [0.5, 0.6) is 5.75 Å². The summed E-state index contributed by atoms with van der Waals surface area (Å²) in [6, 6.07) is 15.8. The second-order valence-electron chi connectivity index (χ2n) is 7.59. The van der Waals surface area contributed by atoms with Crippen molar-refractivity contribution >= 4 is 22.7 Å². The zero-order chi connectivity index (χ0) is 20.9. The highest BCUT2D eigenvalue weighted by Crippen LogP contribution is 2.27. The first-order valence-electron chi connectivity index (χ1n) is 10.6. The van der Waals surface area contributed by atoms with Gasteiger partial charge in [0.25, 0.3) is 0 Å². The topological polar surface area (TPSA) is 68.9 Å². The van der Waals surface area contributed by atoms with Gasteiger partial charge in [0.1, 0.15) is 11.6 Å². The molecule has 0 amide bonds. The minimum absolute atomic E-state index is 0.343. The summed E-state index contributed by atoms with van der Waals surface area (Å²) in [4.78, 5) is 13.6. The Morgan fingerprint density at radius 2 is 1.80 bits per heavy atom. The molecule has 0 saturated carbocycles. The van der Waals surface area contributed by atoms with Gasteiger partial charge in [-0.25, -0.2) is 4.98 Å². The van der Waals surface area contributed by atoms with Crippen LogP contribution in [0.2, 0.25) is 0 Å². The Labute approximate surface area is 177 Å². The molecule has 3 aromatic rings. The number of nitrogens with zero attached hydrogens (tertiary/aromatic N) is 5. The normalized spacial score (nSPS) is 15.1. The lowest BCUT2D eigenvalue weighted by molar-refractivity contribution is 0.369. The van der Waals surface area contributed by atoms with Crippen LogP contribution >= 0.6 is 0 Å². The number of anilines is 1. The van der Waals surface area contributed by atoms with Gasteiger partial charge < -0.3 is 24.8 Å². The maximum absolute atomic E-state index is 10.1. The van der Waals surface area contributed by atoms with Gasteiger partial charge in [0.15, 0.2) is 5.96 Å². The molecule has 1 aliphatic rings. The number of aliphatic imine (C=N–C) groups is 1. The summed E-state index contributed by atoms with van der Waals surface area (Å²) < 4.78 is 2.28. The zero-order valence-electron chi connectivity index (χ0n) is 17.8. The van der Waals surface area contributed by atoms with Gasteiger partial charge >= 0.3 is 0 Å². The minimum atomic E-state index is 0.343. The number of para-hydroxylation sites is 4. The van der Waals surface area contributed by atoms with Gasteiger partial charge in [-0.15, -0.1) is 0 Å². The number of phenolic OH excluding ortho intramolecular Hbond substituents is 1. The van der Waals surface area contributed by atoms with E-state index in [1.54, 1.807) is 6.07 Å². The van der Waals surface area contributed by atoms with Crippen molar-refractivity contribution in [2.45, 2.75) is 19.9 Å². The van der Waals surface area contributed by atoms with Crippen LogP contribution in [0.3, 0.4) is 0 Å². The van der Waals surface area contributed by atoms with Crippen LogP contribution < -0.4 is 10.2 Å². The van der Waals surface area contributed by atoms with E-state index in [2.05, 4.69) is 54.8 Å². The number of nitrogens with one attached hydrogen (secondary N) is 1. The first-order chi connectivity index (χ1) is 14.7. The Kier molecular flexibility index (Phi) is 6.07. The van der Waals surface area contributed by atoms with E-state index in [4.69, 9.17) is 0 Å².